The summed E-state index contributed by atoms with van der Waals surface area (Å²) >= 11 is 0. The predicted octanol–water partition coefficient (Wildman–Crippen LogP) is 7.80. The monoisotopic (exact) mass is 694 g/mol. The third kappa shape index (κ3) is 12.0. The maximum Gasteiger partial charge on any atom is 0.329 e. The molecular weight excluding hydrogens is 633 g/mol. The van der Waals surface area contributed by atoms with Crippen LogP contribution < -0.4 is 10.1 Å². The van der Waals surface area contributed by atoms with E-state index in [9.17, 15) is 14.4 Å². The van der Waals surface area contributed by atoms with Gasteiger partial charge in [-0.05, 0) is 72.0 Å². The number of benzene rings is 2. The Kier molecular flexibility index (Phi) is 14.5. The molecule has 6 atom stereocenters. The molecule has 1 N–H and O–H groups in total. The van der Waals surface area contributed by atoms with Crippen molar-refractivity contribution in [2.24, 2.45) is 23.7 Å². The zero-order valence-corrected chi connectivity index (χ0v) is 32.9. The Balaban J connectivity index is 1.91. The van der Waals surface area contributed by atoms with E-state index in [2.05, 4.69) is 66.9 Å². The molecule has 2 amide bonds. The van der Waals surface area contributed by atoms with Gasteiger partial charge in [-0.15, -0.1) is 0 Å². The normalized spacial score (nSPS) is 25.6. The second kappa shape index (κ2) is 17.7. The highest BCUT2D eigenvalue weighted by Crippen LogP contribution is 2.40. The van der Waals surface area contributed by atoms with E-state index in [1.807, 2.05) is 61.5 Å². The molecule has 0 bridgehead atoms. The average molecular weight is 695 g/mol. The largest absolute Gasteiger partial charge is 0.489 e. The second-order valence-electron chi connectivity index (χ2n) is 16.2. The van der Waals surface area contributed by atoms with Gasteiger partial charge in [0.05, 0.1) is 12.6 Å². The van der Waals surface area contributed by atoms with E-state index in [1.165, 1.54) is 4.90 Å². The average Bonchev–Trinajstić information content (AvgIpc) is 3.03. The number of carbonyl (C=O) groups excluding carboxylic acids is 3. The van der Waals surface area contributed by atoms with Crippen molar-refractivity contribution in [1.82, 2.24) is 10.2 Å². The van der Waals surface area contributed by atoms with Gasteiger partial charge >= 0.3 is 5.97 Å². The van der Waals surface area contributed by atoms with Gasteiger partial charge < -0.3 is 24.1 Å². The predicted molar refractivity (Wildman–Crippen MR) is 199 cm³/mol. The Morgan fingerprint density at radius 1 is 0.918 bits per heavy atom. The molecule has 9 heteroatoms. The Bertz CT molecular complexity index is 1360. The van der Waals surface area contributed by atoms with E-state index in [-0.39, 0.29) is 59.6 Å². The summed E-state index contributed by atoms with van der Waals surface area (Å²) in [6, 6.07) is 16.7. The standard InChI is InChI=1S/C40H62N2O6Si/c1-27(2)35-24-36(48-49(10,11)40(6,7)8)29(4)21-28(3)22-30(5)38(44)41-25-37(43)42(9)34(39(45)47-35)23-31-17-19-33(20-18-31)46-26-32-15-13-12-14-16-32/h12-20,27-30,34-36H,21-26H2,1-11H3,(H,41,44)/t28-,29+,30-,34-,35-,36-/m0/s1. The number of likely N-dealkylation sites (N-methyl/N-ethyl adjacent to an activating group) is 1. The van der Waals surface area contributed by atoms with Crippen LogP contribution in [0.2, 0.25) is 18.1 Å². The Morgan fingerprint density at radius 2 is 1.55 bits per heavy atom. The van der Waals surface area contributed by atoms with Crippen molar-refractivity contribution < 1.29 is 28.3 Å². The van der Waals surface area contributed by atoms with Crippen molar-refractivity contribution >= 4 is 26.1 Å². The molecule has 1 heterocycles. The molecule has 0 aromatic heterocycles. The molecule has 1 fully saturated rings. The number of carbonyl (C=O) groups is 3. The van der Waals surface area contributed by atoms with Gasteiger partial charge in [-0.3, -0.25) is 9.59 Å². The molecule has 0 saturated carbocycles. The molecule has 2 aromatic rings. The van der Waals surface area contributed by atoms with E-state index in [1.54, 1.807) is 7.05 Å². The van der Waals surface area contributed by atoms with Crippen molar-refractivity contribution in [2.45, 2.75) is 124 Å². The smallest absolute Gasteiger partial charge is 0.329 e. The first-order valence-electron chi connectivity index (χ1n) is 18.0. The summed E-state index contributed by atoms with van der Waals surface area (Å²) in [5, 5.41) is 2.84. The molecule has 272 valence electrons. The molecule has 0 radical (unpaired) electrons. The summed E-state index contributed by atoms with van der Waals surface area (Å²) in [7, 11) is -0.554. The number of rotatable bonds is 8. The number of hydrogen-bond donors (Lipinski definition) is 1. The first-order chi connectivity index (χ1) is 22.9. The number of amides is 2. The fraction of sp³-hybridized carbons (Fsp3) is 0.625. The molecule has 2 aromatic carbocycles. The SMILES string of the molecule is CC(C)[C@@H]1C[C@H](O[Si](C)(C)C(C)(C)C)[C@H](C)C[C@H](C)C[C@H](C)C(=O)NCC(=O)N(C)[C@@H](Cc2ccc(OCc3ccccc3)cc2)C(=O)O1. The fourth-order valence-electron chi connectivity index (χ4n) is 6.16. The molecule has 1 saturated heterocycles. The maximum atomic E-state index is 14.1. The fourth-order valence-corrected chi connectivity index (χ4v) is 7.60. The summed E-state index contributed by atoms with van der Waals surface area (Å²) in [5.74, 6) is -0.00282. The first kappa shape index (κ1) is 40.3. The van der Waals surface area contributed by atoms with Crippen LogP contribution in [0.4, 0.5) is 0 Å². The lowest BCUT2D eigenvalue weighted by Gasteiger charge is -2.42. The summed E-state index contributed by atoms with van der Waals surface area (Å²) in [5.41, 5.74) is 1.94. The Hall–Kier alpha value is -3.17. The highest BCUT2D eigenvalue weighted by atomic mass is 28.4. The van der Waals surface area contributed by atoms with Gasteiger partial charge in [-0.2, -0.15) is 0 Å². The summed E-state index contributed by atoms with van der Waals surface area (Å²) in [4.78, 5) is 42.1. The Morgan fingerprint density at radius 3 is 2.14 bits per heavy atom. The molecule has 0 spiro atoms. The lowest BCUT2D eigenvalue weighted by molar-refractivity contribution is -0.162. The van der Waals surface area contributed by atoms with Crippen molar-refractivity contribution in [3.63, 3.8) is 0 Å². The number of hydrogen-bond acceptors (Lipinski definition) is 6. The minimum Gasteiger partial charge on any atom is -0.489 e. The molecule has 3 rings (SSSR count). The second-order valence-corrected chi connectivity index (χ2v) is 20.9. The highest BCUT2D eigenvalue weighted by Gasteiger charge is 2.42. The van der Waals surface area contributed by atoms with Gasteiger partial charge in [-0.25, -0.2) is 4.79 Å². The minimum absolute atomic E-state index is 0.0144. The van der Waals surface area contributed by atoms with Gasteiger partial charge in [0.1, 0.15) is 24.5 Å². The van der Waals surface area contributed by atoms with Crippen molar-refractivity contribution in [1.29, 1.82) is 0 Å². The van der Waals surface area contributed by atoms with Crippen LogP contribution >= 0.6 is 0 Å². The summed E-state index contributed by atoms with van der Waals surface area (Å²) in [6.45, 7) is 22.0. The minimum atomic E-state index is -2.17. The van der Waals surface area contributed by atoms with Gasteiger partial charge in [-0.1, -0.05) is 97.9 Å². The number of ether oxygens (including phenoxy) is 2. The first-order valence-corrected chi connectivity index (χ1v) is 21.0. The zero-order chi connectivity index (χ0) is 36.5. The van der Waals surface area contributed by atoms with E-state index < -0.39 is 26.4 Å². The lowest BCUT2D eigenvalue weighted by Crippen LogP contribution is -2.50. The molecule has 49 heavy (non-hydrogen) atoms. The lowest BCUT2D eigenvalue weighted by atomic mass is 9.84. The number of nitrogens with one attached hydrogen (secondary N) is 1. The molecule has 0 unspecified atom stereocenters. The molecule has 8 nitrogen and oxygen atoms in total. The third-order valence-corrected chi connectivity index (χ3v) is 15.0. The molecule has 1 aliphatic rings. The van der Waals surface area contributed by atoms with Crippen LogP contribution in [-0.2, 0) is 36.6 Å². The van der Waals surface area contributed by atoms with Crippen molar-refractivity contribution in [3.8, 4) is 5.75 Å². The van der Waals surface area contributed by atoms with Crippen LogP contribution in [0.3, 0.4) is 0 Å². The van der Waals surface area contributed by atoms with Crippen LogP contribution in [0.15, 0.2) is 54.6 Å². The summed E-state index contributed by atoms with van der Waals surface area (Å²) < 4.78 is 19.4. The zero-order valence-electron chi connectivity index (χ0n) is 31.9. The van der Waals surface area contributed by atoms with Crippen molar-refractivity contribution in [2.75, 3.05) is 13.6 Å². The number of esters is 1. The Labute approximate surface area is 296 Å². The van der Waals surface area contributed by atoms with E-state index in [4.69, 9.17) is 13.9 Å². The quantitative estimate of drug-likeness (QED) is 0.224. The van der Waals surface area contributed by atoms with Gasteiger partial charge in [0.2, 0.25) is 11.8 Å². The van der Waals surface area contributed by atoms with Gasteiger partial charge in [0.25, 0.3) is 0 Å². The summed E-state index contributed by atoms with van der Waals surface area (Å²) in [6.07, 6.45) is 1.90. The van der Waals surface area contributed by atoms with Gasteiger partial charge in [0, 0.05) is 25.8 Å². The van der Waals surface area contributed by atoms with E-state index >= 15 is 0 Å². The molecule has 0 aliphatic carbocycles. The van der Waals surface area contributed by atoms with Crippen LogP contribution in [0.25, 0.3) is 0 Å². The molecular formula is C40H62N2O6Si. The molecule has 1 aliphatic heterocycles. The van der Waals surface area contributed by atoms with Gasteiger partial charge in [0.15, 0.2) is 8.32 Å². The van der Waals surface area contributed by atoms with Crippen LogP contribution in [0.5, 0.6) is 5.75 Å². The van der Waals surface area contributed by atoms with Crippen molar-refractivity contribution in [3.05, 3.63) is 65.7 Å². The third-order valence-electron chi connectivity index (χ3n) is 10.5. The number of cyclic esters (lactones) is 1. The van der Waals surface area contributed by atoms with E-state index in [0.29, 0.717) is 25.2 Å². The maximum absolute atomic E-state index is 14.1. The number of nitrogens with zero attached hydrogens (tertiary/aromatic N) is 1. The van der Waals surface area contributed by atoms with Crippen LogP contribution in [0.1, 0.15) is 85.8 Å². The highest BCUT2D eigenvalue weighted by molar-refractivity contribution is 6.74. The van der Waals surface area contributed by atoms with E-state index in [0.717, 1.165) is 17.5 Å². The van der Waals surface area contributed by atoms with Crippen LogP contribution in [0, 0.1) is 23.7 Å². The topological polar surface area (TPSA) is 94.2 Å². The van der Waals surface area contributed by atoms with Crippen LogP contribution in [-0.4, -0.2) is 62.8 Å².